The zero-order valence-corrected chi connectivity index (χ0v) is 15.6. The number of amides is 2. The van der Waals surface area contributed by atoms with E-state index in [9.17, 15) is 18.0 Å². The van der Waals surface area contributed by atoms with Crippen LogP contribution in [0.15, 0.2) is 22.8 Å². The van der Waals surface area contributed by atoms with Crippen LogP contribution in [0.1, 0.15) is 6.42 Å². The molecule has 2 N–H and O–H groups in total. The molecule has 1 fully saturated rings. The molecule has 0 saturated carbocycles. The van der Waals surface area contributed by atoms with Gasteiger partial charge in [-0.05, 0) is 32.1 Å². The average molecular weight is 421 g/mol. The molecule has 2 amide bonds. The Bertz CT molecular complexity index is 781. The van der Waals surface area contributed by atoms with Gasteiger partial charge in [-0.25, -0.2) is 9.59 Å². The van der Waals surface area contributed by atoms with Gasteiger partial charge in [-0.3, -0.25) is 5.32 Å². The second kappa shape index (κ2) is 9.50. The molecule has 0 atom stereocenters. The maximum absolute atomic E-state index is 12.2. The van der Waals surface area contributed by atoms with Crippen LogP contribution in [0, 0.1) is 0 Å². The van der Waals surface area contributed by atoms with E-state index in [1.807, 2.05) is 11.0 Å². The Morgan fingerprint density at radius 1 is 1.25 bits per heavy atom. The van der Waals surface area contributed by atoms with Crippen LogP contribution in [0.25, 0.3) is 10.8 Å². The summed E-state index contributed by atoms with van der Waals surface area (Å²) in [5, 5.41) is 19.1. The number of furan rings is 1. The van der Waals surface area contributed by atoms with E-state index in [1.165, 1.54) is 11.3 Å². The number of hydrogen-bond acceptors (Lipinski definition) is 7. The first kappa shape index (κ1) is 21.6. The maximum Gasteiger partial charge on any atom is 0.490 e. The van der Waals surface area contributed by atoms with E-state index in [4.69, 9.17) is 14.3 Å². The third kappa shape index (κ3) is 6.49. The van der Waals surface area contributed by atoms with Crippen LogP contribution >= 0.6 is 11.3 Å². The number of carboxylic acid groups (broad SMARTS) is 1. The van der Waals surface area contributed by atoms with Gasteiger partial charge in [0.25, 0.3) is 0 Å². The third-order valence-corrected chi connectivity index (χ3v) is 4.47. The summed E-state index contributed by atoms with van der Waals surface area (Å²) >= 11 is 1.30. The predicted molar refractivity (Wildman–Crippen MR) is 94.0 cm³/mol. The van der Waals surface area contributed by atoms with Crippen molar-refractivity contribution in [3.8, 4) is 10.8 Å². The molecule has 1 aliphatic heterocycles. The highest BCUT2D eigenvalue weighted by Crippen LogP contribution is 2.26. The number of carbonyl (C=O) groups excluding carboxylic acids is 1. The molecule has 1 saturated heterocycles. The SMILES string of the molecule is CN1CCCN(C(=O)Nc2nnc(-c3ccco3)s2)CC1.O=C(O)C(F)(F)F. The molecule has 0 radical (unpaired) electrons. The molecule has 2 aromatic rings. The number of carbonyl (C=O) groups is 2. The zero-order chi connectivity index (χ0) is 20.7. The molecule has 0 spiro atoms. The molecule has 1 aliphatic rings. The van der Waals surface area contributed by atoms with Crippen LogP contribution in [0.3, 0.4) is 0 Å². The highest BCUT2D eigenvalue weighted by Gasteiger charge is 2.38. The second-order valence-electron chi connectivity index (χ2n) is 5.77. The van der Waals surface area contributed by atoms with Gasteiger partial charge in [-0.1, -0.05) is 11.3 Å². The molecule has 28 heavy (non-hydrogen) atoms. The van der Waals surface area contributed by atoms with E-state index in [-0.39, 0.29) is 6.03 Å². The number of aliphatic carboxylic acids is 1. The minimum Gasteiger partial charge on any atom is -0.475 e. The number of nitrogens with zero attached hydrogens (tertiary/aromatic N) is 4. The third-order valence-electron chi connectivity index (χ3n) is 3.62. The number of carboxylic acids is 1. The van der Waals surface area contributed by atoms with Gasteiger partial charge < -0.3 is 19.3 Å². The molecule has 154 valence electrons. The number of nitrogens with one attached hydrogen (secondary N) is 1. The number of hydrogen-bond donors (Lipinski definition) is 2. The lowest BCUT2D eigenvalue weighted by Crippen LogP contribution is -2.37. The van der Waals surface area contributed by atoms with Crippen LogP contribution in [-0.2, 0) is 4.79 Å². The molecule has 2 aromatic heterocycles. The fourth-order valence-corrected chi connectivity index (χ4v) is 2.90. The van der Waals surface area contributed by atoms with E-state index in [1.54, 1.807) is 12.3 Å². The standard InChI is InChI=1S/C13H17N5O2S.C2HF3O2/c1-17-5-3-6-18(8-7-17)13(19)14-12-16-15-11(21-12)10-4-2-9-20-10;3-2(4,5)1(6)7/h2,4,9H,3,5-8H2,1H3,(H,14,16,19);(H,6,7). The first-order valence-corrected chi connectivity index (χ1v) is 8.90. The van der Waals surface area contributed by atoms with Gasteiger partial charge in [0.15, 0.2) is 10.8 Å². The highest BCUT2D eigenvalue weighted by atomic mass is 32.1. The van der Waals surface area contributed by atoms with Crippen LogP contribution in [0.5, 0.6) is 0 Å². The minimum atomic E-state index is -5.08. The van der Waals surface area contributed by atoms with Crippen molar-refractivity contribution in [3.63, 3.8) is 0 Å². The van der Waals surface area contributed by atoms with E-state index < -0.39 is 12.1 Å². The van der Waals surface area contributed by atoms with Crippen molar-refractivity contribution in [1.82, 2.24) is 20.0 Å². The summed E-state index contributed by atoms with van der Waals surface area (Å²) in [5.41, 5.74) is 0. The molecule has 3 heterocycles. The first-order valence-electron chi connectivity index (χ1n) is 8.09. The van der Waals surface area contributed by atoms with Crippen molar-refractivity contribution in [3.05, 3.63) is 18.4 Å². The Labute approximate surface area is 161 Å². The predicted octanol–water partition coefficient (Wildman–Crippen LogP) is 2.60. The van der Waals surface area contributed by atoms with Crippen molar-refractivity contribution in [2.24, 2.45) is 0 Å². The normalized spacial score (nSPS) is 15.4. The van der Waals surface area contributed by atoms with Gasteiger partial charge >= 0.3 is 18.2 Å². The molecule has 3 rings (SSSR count). The number of halogens is 3. The quantitative estimate of drug-likeness (QED) is 0.767. The topological polar surface area (TPSA) is 112 Å². The van der Waals surface area contributed by atoms with Crippen molar-refractivity contribution >= 4 is 28.5 Å². The summed E-state index contributed by atoms with van der Waals surface area (Å²) < 4.78 is 37.0. The molecule has 0 unspecified atom stereocenters. The molecule has 13 heteroatoms. The van der Waals surface area contributed by atoms with Crippen LogP contribution in [0.2, 0.25) is 0 Å². The van der Waals surface area contributed by atoms with Gasteiger partial charge in [0.2, 0.25) is 5.13 Å². The van der Waals surface area contributed by atoms with Crippen molar-refractivity contribution in [2.75, 3.05) is 38.5 Å². The Hall–Kier alpha value is -2.67. The van der Waals surface area contributed by atoms with E-state index in [2.05, 4.69) is 27.5 Å². The molecule has 0 aliphatic carbocycles. The molecule has 0 bridgehead atoms. The second-order valence-corrected chi connectivity index (χ2v) is 6.74. The summed E-state index contributed by atoms with van der Waals surface area (Å²) in [6, 6.07) is 3.49. The van der Waals surface area contributed by atoms with E-state index in [0.717, 1.165) is 32.6 Å². The zero-order valence-electron chi connectivity index (χ0n) is 14.8. The van der Waals surface area contributed by atoms with E-state index >= 15 is 0 Å². The molecular formula is C15H18F3N5O4S. The summed E-state index contributed by atoms with van der Waals surface area (Å²) in [6.07, 6.45) is -2.51. The van der Waals surface area contributed by atoms with Crippen molar-refractivity contribution < 1.29 is 32.3 Å². The van der Waals surface area contributed by atoms with Gasteiger partial charge in [0, 0.05) is 19.6 Å². The Balaban J connectivity index is 0.000000345. The molecular weight excluding hydrogens is 403 g/mol. The summed E-state index contributed by atoms with van der Waals surface area (Å²) in [5.74, 6) is -2.10. The van der Waals surface area contributed by atoms with Crippen LogP contribution in [-0.4, -0.2) is 76.5 Å². The van der Waals surface area contributed by atoms with Gasteiger partial charge in [0.1, 0.15) is 0 Å². The van der Waals surface area contributed by atoms with Crippen molar-refractivity contribution in [1.29, 1.82) is 0 Å². The van der Waals surface area contributed by atoms with Gasteiger partial charge in [-0.15, -0.1) is 10.2 Å². The number of likely N-dealkylation sites (N-methyl/N-ethyl adjacent to an activating group) is 1. The number of alkyl halides is 3. The van der Waals surface area contributed by atoms with Crippen LogP contribution in [0.4, 0.5) is 23.1 Å². The average Bonchev–Trinajstić information content (AvgIpc) is 3.24. The largest absolute Gasteiger partial charge is 0.490 e. The number of rotatable bonds is 2. The highest BCUT2D eigenvalue weighted by molar-refractivity contribution is 7.18. The lowest BCUT2D eigenvalue weighted by molar-refractivity contribution is -0.192. The Kier molecular flexibility index (Phi) is 7.34. The smallest absolute Gasteiger partial charge is 0.475 e. The number of anilines is 1. The summed E-state index contributed by atoms with van der Waals surface area (Å²) in [7, 11) is 2.07. The van der Waals surface area contributed by atoms with Crippen molar-refractivity contribution in [2.45, 2.75) is 12.6 Å². The lowest BCUT2D eigenvalue weighted by atomic mass is 10.4. The molecule has 0 aromatic carbocycles. The van der Waals surface area contributed by atoms with E-state index in [0.29, 0.717) is 15.9 Å². The summed E-state index contributed by atoms with van der Waals surface area (Å²) in [6.45, 7) is 3.40. The Morgan fingerprint density at radius 2 is 1.96 bits per heavy atom. The Morgan fingerprint density at radius 3 is 2.57 bits per heavy atom. The van der Waals surface area contributed by atoms with Gasteiger partial charge in [-0.2, -0.15) is 13.2 Å². The number of urea groups is 1. The van der Waals surface area contributed by atoms with Crippen LogP contribution < -0.4 is 5.32 Å². The monoisotopic (exact) mass is 421 g/mol. The van der Waals surface area contributed by atoms with Gasteiger partial charge in [0.05, 0.1) is 6.26 Å². The number of aromatic nitrogens is 2. The first-order chi connectivity index (χ1) is 13.2. The molecule has 9 nitrogen and oxygen atoms in total. The fraction of sp³-hybridized carbons (Fsp3) is 0.467. The summed E-state index contributed by atoms with van der Waals surface area (Å²) in [4.78, 5) is 25.2. The maximum atomic E-state index is 12.2. The minimum absolute atomic E-state index is 0.118. The lowest BCUT2D eigenvalue weighted by Gasteiger charge is -2.19. The fourth-order valence-electron chi connectivity index (χ4n) is 2.19.